The fraction of sp³-hybridized carbons (Fsp3) is 0.963. The molecule has 2 unspecified atom stereocenters. The van der Waals surface area contributed by atoms with Gasteiger partial charge in [0.05, 0.1) is 19.3 Å². The molecule has 0 aliphatic heterocycles. The highest BCUT2D eigenvalue weighted by atomic mass is 16.5. The number of aliphatic hydroxyl groups excluding tert-OH is 2. The standard InChI is InChI=1S/C27H46O4/c1-6-18-22-15-17(28)11-13-27(22,4)21-12-14-26(3)19(16(2)7-10-23(29)31-5)8-9-20(26)24(21)25(18)30/h16-22,24-25,28,30H,6-15H2,1-5H3/t16-,17-,18-,19-,20-,21?,22+,24?,25-,26-,27-/m1/s1. The van der Waals surface area contributed by atoms with Crippen LogP contribution in [0.2, 0.25) is 0 Å². The second-order valence-corrected chi connectivity index (χ2v) is 12.2. The number of hydrogen-bond acceptors (Lipinski definition) is 4. The zero-order chi connectivity index (χ0) is 22.6. The monoisotopic (exact) mass is 434 g/mol. The molecule has 0 aromatic heterocycles. The number of ether oxygens (including phenoxy) is 1. The van der Waals surface area contributed by atoms with Gasteiger partial charge in [0.2, 0.25) is 0 Å². The normalized spacial score (nSPS) is 50.2. The average Bonchev–Trinajstić information content (AvgIpc) is 3.10. The Morgan fingerprint density at radius 2 is 1.71 bits per heavy atom. The topological polar surface area (TPSA) is 66.8 Å². The third-order valence-corrected chi connectivity index (χ3v) is 11.2. The van der Waals surface area contributed by atoms with Gasteiger partial charge < -0.3 is 14.9 Å². The Morgan fingerprint density at radius 3 is 2.39 bits per heavy atom. The Kier molecular flexibility index (Phi) is 6.55. The van der Waals surface area contributed by atoms with Gasteiger partial charge in [0.1, 0.15) is 0 Å². The van der Waals surface area contributed by atoms with Gasteiger partial charge in [0, 0.05) is 6.42 Å². The Morgan fingerprint density at radius 1 is 1.03 bits per heavy atom. The quantitative estimate of drug-likeness (QED) is 0.584. The van der Waals surface area contributed by atoms with E-state index < -0.39 is 0 Å². The Labute approximate surface area is 189 Å². The van der Waals surface area contributed by atoms with Crippen LogP contribution in [0, 0.1) is 52.3 Å². The summed E-state index contributed by atoms with van der Waals surface area (Å²) in [5.41, 5.74) is 0.535. The number of methoxy groups -OCH3 is 1. The van der Waals surface area contributed by atoms with E-state index in [9.17, 15) is 15.0 Å². The zero-order valence-electron chi connectivity index (χ0n) is 20.5. The molecule has 0 bridgehead atoms. The van der Waals surface area contributed by atoms with Crippen molar-refractivity contribution in [1.29, 1.82) is 0 Å². The van der Waals surface area contributed by atoms with E-state index >= 15 is 0 Å². The first-order valence-corrected chi connectivity index (χ1v) is 13.1. The van der Waals surface area contributed by atoms with Crippen molar-refractivity contribution in [3.05, 3.63) is 0 Å². The van der Waals surface area contributed by atoms with Crippen molar-refractivity contribution in [3.63, 3.8) is 0 Å². The van der Waals surface area contributed by atoms with E-state index in [0.717, 1.165) is 32.1 Å². The predicted octanol–water partition coefficient (Wildman–Crippen LogP) is 5.20. The summed E-state index contributed by atoms with van der Waals surface area (Å²) in [5.74, 6) is 3.41. The lowest BCUT2D eigenvalue weighted by molar-refractivity contribution is -0.203. The Hall–Kier alpha value is -0.610. The smallest absolute Gasteiger partial charge is 0.305 e. The van der Waals surface area contributed by atoms with Gasteiger partial charge in [-0.05, 0) is 104 Å². The molecule has 0 aromatic rings. The maximum atomic E-state index is 11.8. The molecule has 4 nitrogen and oxygen atoms in total. The van der Waals surface area contributed by atoms with Gasteiger partial charge in [0.15, 0.2) is 0 Å². The lowest BCUT2D eigenvalue weighted by Crippen LogP contribution is -2.62. The molecule has 0 amide bonds. The van der Waals surface area contributed by atoms with E-state index in [1.165, 1.54) is 32.8 Å². The lowest BCUT2D eigenvalue weighted by atomic mass is 9.41. The van der Waals surface area contributed by atoms with E-state index in [1.807, 2.05) is 0 Å². The van der Waals surface area contributed by atoms with Gasteiger partial charge in [-0.2, -0.15) is 0 Å². The molecule has 0 radical (unpaired) electrons. The summed E-state index contributed by atoms with van der Waals surface area (Å²) in [6, 6.07) is 0. The summed E-state index contributed by atoms with van der Waals surface area (Å²) < 4.78 is 4.88. The van der Waals surface area contributed by atoms with Gasteiger partial charge in [-0.1, -0.05) is 34.1 Å². The zero-order valence-corrected chi connectivity index (χ0v) is 20.5. The number of hydrogen-bond donors (Lipinski definition) is 2. The van der Waals surface area contributed by atoms with Crippen molar-refractivity contribution in [2.45, 2.75) is 104 Å². The first-order chi connectivity index (χ1) is 14.7. The molecule has 11 atom stereocenters. The van der Waals surface area contributed by atoms with E-state index in [4.69, 9.17) is 4.74 Å². The molecule has 0 spiro atoms. The lowest BCUT2D eigenvalue weighted by Gasteiger charge is -2.64. The third-order valence-electron chi connectivity index (χ3n) is 11.2. The number of aliphatic hydroxyl groups is 2. The fourth-order valence-corrected chi connectivity index (χ4v) is 9.58. The SMILES string of the molecule is CC[C@H]1[C@@H](O)C2C(CC[C@@]3(C)[C@@H]2CC[C@@H]3[C@H](C)CCC(=O)OC)[C@@]2(C)CC[C@@H](O)C[C@@H]12. The highest BCUT2D eigenvalue weighted by Crippen LogP contribution is 2.69. The van der Waals surface area contributed by atoms with Crippen molar-refractivity contribution < 1.29 is 19.7 Å². The van der Waals surface area contributed by atoms with Gasteiger partial charge in [-0.15, -0.1) is 0 Å². The van der Waals surface area contributed by atoms with Crippen molar-refractivity contribution in [1.82, 2.24) is 0 Å². The number of fused-ring (bicyclic) bond motifs is 5. The Balaban J connectivity index is 1.58. The van der Waals surface area contributed by atoms with Crippen LogP contribution < -0.4 is 0 Å². The first-order valence-electron chi connectivity index (χ1n) is 13.1. The second-order valence-electron chi connectivity index (χ2n) is 12.2. The van der Waals surface area contributed by atoms with E-state index in [-0.39, 0.29) is 29.0 Å². The van der Waals surface area contributed by atoms with Crippen LogP contribution in [0.3, 0.4) is 0 Å². The molecule has 4 aliphatic carbocycles. The minimum absolute atomic E-state index is 0.0952. The molecular formula is C27H46O4. The van der Waals surface area contributed by atoms with Crippen LogP contribution in [0.5, 0.6) is 0 Å². The van der Waals surface area contributed by atoms with Crippen molar-refractivity contribution in [3.8, 4) is 0 Å². The number of rotatable bonds is 5. The van der Waals surface area contributed by atoms with Crippen LogP contribution in [0.4, 0.5) is 0 Å². The van der Waals surface area contributed by atoms with Crippen LogP contribution in [0.15, 0.2) is 0 Å². The largest absolute Gasteiger partial charge is 0.469 e. The van der Waals surface area contributed by atoms with Crippen LogP contribution in [0.1, 0.15) is 91.9 Å². The molecule has 4 fully saturated rings. The van der Waals surface area contributed by atoms with Gasteiger partial charge in [-0.3, -0.25) is 4.79 Å². The van der Waals surface area contributed by atoms with Crippen molar-refractivity contribution >= 4 is 5.97 Å². The van der Waals surface area contributed by atoms with Crippen LogP contribution in [-0.2, 0) is 9.53 Å². The molecule has 178 valence electrons. The molecular weight excluding hydrogens is 388 g/mol. The molecule has 4 saturated carbocycles. The maximum absolute atomic E-state index is 11.8. The predicted molar refractivity (Wildman–Crippen MR) is 122 cm³/mol. The molecule has 4 aliphatic rings. The summed E-state index contributed by atoms with van der Waals surface area (Å²) >= 11 is 0. The van der Waals surface area contributed by atoms with Crippen LogP contribution >= 0.6 is 0 Å². The molecule has 0 aromatic carbocycles. The first kappa shape index (κ1) is 23.5. The average molecular weight is 435 g/mol. The highest BCUT2D eigenvalue weighted by Gasteiger charge is 2.64. The van der Waals surface area contributed by atoms with E-state index in [1.54, 1.807) is 0 Å². The fourth-order valence-electron chi connectivity index (χ4n) is 9.58. The van der Waals surface area contributed by atoms with Crippen LogP contribution in [0.25, 0.3) is 0 Å². The van der Waals surface area contributed by atoms with Gasteiger partial charge >= 0.3 is 5.97 Å². The van der Waals surface area contributed by atoms with Crippen molar-refractivity contribution in [2.24, 2.45) is 52.3 Å². The summed E-state index contributed by atoms with van der Waals surface area (Å²) in [6.07, 6.45) is 9.87. The summed E-state index contributed by atoms with van der Waals surface area (Å²) in [5, 5.41) is 22.2. The van der Waals surface area contributed by atoms with Crippen molar-refractivity contribution in [2.75, 3.05) is 7.11 Å². The van der Waals surface area contributed by atoms with Crippen LogP contribution in [-0.4, -0.2) is 35.5 Å². The minimum atomic E-state index is -0.230. The maximum Gasteiger partial charge on any atom is 0.305 e. The summed E-state index contributed by atoms with van der Waals surface area (Å²) in [6.45, 7) is 9.58. The number of esters is 1. The molecule has 0 saturated heterocycles. The molecule has 4 heteroatoms. The summed E-state index contributed by atoms with van der Waals surface area (Å²) in [4.78, 5) is 11.7. The van der Waals surface area contributed by atoms with E-state index in [2.05, 4.69) is 27.7 Å². The third kappa shape index (κ3) is 3.68. The van der Waals surface area contributed by atoms with Gasteiger partial charge in [0.25, 0.3) is 0 Å². The summed E-state index contributed by atoms with van der Waals surface area (Å²) in [7, 11) is 1.48. The molecule has 31 heavy (non-hydrogen) atoms. The highest BCUT2D eigenvalue weighted by molar-refractivity contribution is 5.69. The van der Waals surface area contributed by atoms with E-state index in [0.29, 0.717) is 47.8 Å². The Bertz CT molecular complexity index is 664. The van der Waals surface area contributed by atoms with Gasteiger partial charge in [-0.25, -0.2) is 0 Å². The minimum Gasteiger partial charge on any atom is -0.469 e. The number of carbonyl (C=O) groups excluding carboxylic acids is 1. The molecule has 0 heterocycles. The molecule has 2 N–H and O–H groups in total. The second kappa shape index (κ2) is 8.63. The molecule has 4 rings (SSSR count). The number of carbonyl (C=O) groups is 1.